The number of hydrogen-bond acceptors (Lipinski definition) is 5. The summed E-state index contributed by atoms with van der Waals surface area (Å²) >= 11 is 0. The number of carboxylic acid groups (broad SMARTS) is 1. The minimum absolute atomic E-state index is 0.174. The Hall–Kier alpha value is -3.61. The second-order valence-corrected chi connectivity index (χ2v) is 7.24. The van der Waals surface area contributed by atoms with E-state index >= 15 is 0 Å². The van der Waals surface area contributed by atoms with Crippen LogP contribution in [0.5, 0.6) is 5.75 Å². The van der Waals surface area contributed by atoms with Crippen LogP contribution in [0.2, 0.25) is 0 Å². The van der Waals surface area contributed by atoms with Crippen molar-refractivity contribution in [1.82, 2.24) is 0 Å². The van der Waals surface area contributed by atoms with Crippen LogP contribution in [-0.4, -0.2) is 37.1 Å². The van der Waals surface area contributed by atoms with Crippen LogP contribution in [0.3, 0.4) is 0 Å². The molecule has 0 fully saturated rings. The Morgan fingerprint density at radius 3 is 2.53 bits per heavy atom. The molecule has 32 heavy (non-hydrogen) atoms. The average Bonchev–Trinajstić information content (AvgIpc) is 2.78. The number of carbonyl (C=O) groups is 2. The van der Waals surface area contributed by atoms with Crippen molar-refractivity contribution >= 4 is 23.5 Å². The number of nitrogens with one attached hydrogen (secondary N) is 1. The normalized spacial score (nSPS) is 12.8. The SMILES string of the molecule is CC=C(C)C(N=C(CC)OC)c1cc(CC(=O)O)cc(NC(=O)c2cccc(OC)c2)c1. The first-order valence-electron chi connectivity index (χ1n) is 10.4. The minimum atomic E-state index is -0.957. The van der Waals surface area contributed by atoms with Crippen molar-refractivity contribution in [3.05, 3.63) is 70.8 Å². The Bertz CT molecular complexity index is 1020. The molecular formula is C25H30N2O5. The number of carbonyl (C=O) groups excluding carboxylic acids is 1. The van der Waals surface area contributed by atoms with Crippen LogP contribution in [0.4, 0.5) is 5.69 Å². The van der Waals surface area contributed by atoms with E-state index in [0.29, 0.717) is 34.9 Å². The van der Waals surface area contributed by atoms with Gasteiger partial charge in [-0.3, -0.25) is 9.59 Å². The highest BCUT2D eigenvalue weighted by Gasteiger charge is 2.17. The van der Waals surface area contributed by atoms with Crippen LogP contribution in [0.1, 0.15) is 54.7 Å². The molecule has 0 radical (unpaired) electrons. The van der Waals surface area contributed by atoms with Gasteiger partial charge in [0.1, 0.15) is 5.75 Å². The highest BCUT2D eigenvalue weighted by atomic mass is 16.5. The number of aliphatic imine (C=N–C) groups is 1. The molecule has 0 aromatic heterocycles. The second kappa shape index (κ2) is 11.7. The summed E-state index contributed by atoms with van der Waals surface area (Å²) in [6.07, 6.45) is 2.40. The summed E-state index contributed by atoms with van der Waals surface area (Å²) in [5.41, 5.74) is 3.23. The molecule has 7 nitrogen and oxygen atoms in total. The zero-order chi connectivity index (χ0) is 23.7. The first kappa shape index (κ1) is 24.7. The molecule has 0 aliphatic rings. The first-order valence-corrected chi connectivity index (χ1v) is 10.4. The molecule has 0 spiro atoms. The molecule has 0 aliphatic heterocycles. The van der Waals surface area contributed by atoms with Gasteiger partial charge in [-0.2, -0.15) is 0 Å². The minimum Gasteiger partial charge on any atom is -0.497 e. The Morgan fingerprint density at radius 2 is 1.94 bits per heavy atom. The maximum Gasteiger partial charge on any atom is 0.307 e. The maximum absolute atomic E-state index is 12.8. The number of rotatable bonds is 9. The van der Waals surface area contributed by atoms with E-state index in [-0.39, 0.29) is 18.4 Å². The Balaban J connectivity index is 2.51. The van der Waals surface area contributed by atoms with Crippen LogP contribution in [-0.2, 0) is 16.0 Å². The molecule has 2 aromatic rings. The van der Waals surface area contributed by atoms with Gasteiger partial charge in [0.2, 0.25) is 0 Å². The smallest absolute Gasteiger partial charge is 0.307 e. The lowest BCUT2D eigenvalue weighted by Crippen LogP contribution is -2.14. The third-order valence-electron chi connectivity index (χ3n) is 4.97. The summed E-state index contributed by atoms with van der Waals surface area (Å²) in [6, 6.07) is 11.7. The van der Waals surface area contributed by atoms with Crippen LogP contribution in [0.15, 0.2) is 59.1 Å². The van der Waals surface area contributed by atoms with Gasteiger partial charge in [0.25, 0.3) is 5.91 Å². The number of methoxy groups -OCH3 is 2. The van der Waals surface area contributed by atoms with Crippen molar-refractivity contribution in [1.29, 1.82) is 0 Å². The van der Waals surface area contributed by atoms with Crippen molar-refractivity contribution in [2.45, 2.75) is 39.7 Å². The van der Waals surface area contributed by atoms with Gasteiger partial charge in [-0.05, 0) is 60.9 Å². The molecule has 1 atom stereocenters. The Morgan fingerprint density at radius 1 is 1.19 bits per heavy atom. The van der Waals surface area contributed by atoms with Gasteiger partial charge < -0.3 is 19.9 Å². The van der Waals surface area contributed by atoms with Gasteiger partial charge in [-0.25, -0.2) is 4.99 Å². The molecule has 1 amide bonds. The molecule has 0 heterocycles. The van der Waals surface area contributed by atoms with Gasteiger partial charge in [0.05, 0.1) is 26.7 Å². The number of aliphatic carboxylic acids is 1. The number of carboxylic acids is 1. The van der Waals surface area contributed by atoms with Crippen LogP contribution in [0.25, 0.3) is 0 Å². The molecule has 0 bridgehead atoms. The lowest BCUT2D eigenvalue weighted by molar-refractivity contribution is -0.136. The number of amides is 1. The molecule has 2 aromatic carbocycles. The van der Waals surface area contributed by atoms with E-state index in [2.05, 4.69) is 5.32 Å². The zero-order valence-corrected chi connectivity index (χ0v) is 19.1. The van der Waals surface area contributed by atoms with Crippen molar-refractivity contribution in [2.24, 2.45) is 4.99 Å². The monoisotopic (exact) mass is 438 g/mol. The van der Waals surface area contributed by atoms with Gasteiger partial charge in [-0.1, -0.05) is 25.1 Å². The Labute approximate surface area is 188 Å². The van der Waals surface area contributed by atoms with Crippen molar-refractivity contribution in [3.63, 3.8) is 0 Å². The first-order chi connectivity index (χ1) is 15.3. The number of hydrogen-bond donors (Lipinski definition) is 2. The fourth-order valence-electron chi connectivity index (χ4n) is 3.22. The van der Waals surface area contributed by atoms with Crippen molar-refractivity contribution in [2.75, 3.05) is 19.5 Å². The van der Waals surface area contributed by atoms with Gasteiger partial charge in [0.15, 0.2) is 5.90 Å². The van der Waals surface area contributed by atoms with Gasteiger partial charge in [-0.15, -0.1) is 0 Å². The van der Waals surface area contributed by atoms with Crippen molar-refractivity contribution in [3.8, 4) is 5.75 Å². The standard InChI is InChI=1S/C25H30N2O5/c1-6-16(3)24(27-22(7-2)32-5)19-11-17(13-23(28)29)12-20(14-19)26-25(30)18-9-8-10-21(15-18)31-4/h6,8-12,14-15,24H,7,13H2,1-5H3,(H,26,30)(H,28,29). The number of nitrogens with zero attached hydrogens (tertiary/aromatic N) is 1. The number of benzene rings is 2. The molecule has 2 N–H and O–H groups in total. The maximum atomic E-state index is 12.8. The van der Waals surface area contributed by atoms with E-state index < -0.39 is 5.97 Å². The molecular weight excluding hydrogens is 408 g/mol. The van der Waals surface area contributed by atoms with E-state index in [1.54, 1.807) is 43.5 Å². The fourth-order valence-corrected chi connectivity index (χ4v) is 3.22. The molecule has 0 saturated heterocycles. The number of ether oxygens (including phenoxy) is 2. The molecule has 0 aliphatic carbocycles. The molecule has 1 unspecified atom stereocenters. The topological polar surface area (TPSA) is 97.2 Å². The summed E-state index contributed by atoms with van der Waals surface area (Å²) in [7, 11) is 3.11. The van der Waals surface area contributed by atoms with Crippen LogP contribution in [0, 0.1) is 0 Å². The summed E-state index contributed by atoms with van der Waals surface area (Å²) in [4.78, 5) is 28.9. The average molecular weight is 439 g/mol. The summed E-state index contributed by atoms with van der Waals surface area (Å²) < 4.78 is 10.5. The lowest BCUT2D eigenvalue weighted by atomic mass is 9.96. The van der Waals surface area contributed by atoms with Crippen LogP contribution >= 0.6 is 0 Å². The largest absolute Gasteiger partial charge is 0.497 e. The molecule has 170 valence electrons. The lowest BCUT2D eigenvalue weighted by Gasteiger charge is -2.18. The number of anilines is 1. The van der Waals surface area contributed by atoms with E-state index in [4.69, 9.17) is 14.5 Å². The fraction of sp³-hybridized carbons (Fsp3) is 0.320. The third-order valence-corrected chi connectivity index (χ3v) is 4.97. The van der Waals surface area contributed by atoms with Crippen LogP contribution < -0.4 is 10.1 Å². The highest BCUT2D eigenvalue weighted by molar-refractivity contribution is 6.04. The second-order valence-electron chi connectivity index (χ2n) is 7.24. The number of allylic oxidation sites excluding steroid dienone is 1. The summed E-state index contributed by atoms with van der Waals surface area (Å²) in [5.74, 6) is -0.123. The third kappa shape index (κ3) is 6.70. The predicted octanol–water partition coefficient (Wildman–Crippen LogP) is 5.04. The van der Waals surface area contributed by atoms with Crippen molar-refractivity contribution < 1.29 is 24.2 Å². The molecule has 0 saturated carbocycles. The quantitative estimate of drug-likeness (QED) is 0.325. The van der Waals surface area contributed by atoms with E-state index in [1.807, 2.05) is 32.9 Å². The summed E-state index contributed by atoms with van der Waals surface area (Å²) in [6.45, 7) is 5.82. The summed E-state index contributed by atoms with van der Waals surface area (Å²) in [5, 5.41) is 12.2. The van der Waals surface area contributed by atoms with E-state index in [0.717, 1.165) is 11.1 Å². The van der Waals surface area contributed by atoms with E-state index in [9.17, 15) is 14.7 Å². The zero-order valence-electron chi connectivity index (χ0n) is 19.1. The highest BCUT2D eigenvalue weighted by Crippen LogP contribution is 2.30. The molecule has 7 heteroatoms. The van der Waals surface area contributed by atoms with E-state index in [1.165, 1.54) is 7.11 Å². The molecule has 2 rings (SSSR count). The van der Waals surface area contributed by atoms with Gasteiger partial charge in [0, 0.05) is 17.7 Å². The predicted molar refractivity (Wildman–Crippen MR) is 126 cm³/mol. The van der Waals surface area contributed by atoms with Gasteiger partial charge >= 0.3 is 5.97 Å². The Kier molecular flexibility index (Phi) is 9.01.